The molecule has 0 atom stereocenters. The van der Waals surface area contributed by atoms with E-state index in [4.69, 9.17) is 5.11 Å². The molecule has 1 N–H and O–H groups in total. The first-order valence-electron chi connectivity index (χ1n) is 5.28. The van der Waals surface area contributed by atoms with Crippen LogP contribution in [0.2, 0.25) is 0 Å². The highest BCUT2D eigenvalue weighted by atomic mass is 19.4. The van der Waals surface area contributed by atoms with E-state index in [9.17, 15) is 13.2 Å². The lowest BCUT2D eigenvalue weighted by Crippen LogP contribution is -2.07. The maximum absolute atomic E-state index is 12.5. The summed E-state index contributed by atoms with van der Waals surface area (Å²) < 4.78 is 37.6. The van der Waals surface area contributed by atoms with Crippen molar-refractivity contribution in [3.63, 3.8) is 0 Å². The van der Waals surface area contributed by atoms with Crippen molar-refractivity contribution in [3.05, 3.63) is 34.9 Å². The van der Waals surface area contributed by atoms with E-state index in [1.807, 2.05) is 6.92 Å². The van der Waals surface area contributed by atoms with Gasteiger partial charge in [-0.05, 0) is 36.1 Å². The van der Waals surface area contributed by atoms with Crippen molar-refractivity contribution in [3.8, 4) is 0 Å². The maximum Gasteiger partial charge on any atom is 0.416 e. The number of hydrogen-bond acceptors (Lipinski definition) is 1. The van der Waals surface area contributed by atoms with Crippen LogP contribution in [0.4, 0.5) is 13.2 Å². The zero-order valence-corrected chi connectivity index (χ0v) is 9.14. The van der Waals surface area contributed by atoms with Crippen LogP contribution in [0.5, 0.6) is 0 Å². The monoisotopic (exact) mass is 232 g/mol. The lowest BCUT2D eigenvalue weighted by molar-refractivity contribution is -0.137. The summed E-state index contributed by atoms with van der Waals surface area (Å²) in [4.78, 5) is 0. The minimum Gasteiger partial charge on any atom is -0.392 e. The summed E-state index contributed by atoms with van der Waals surface area (Å²) in [6.07, 6.45) is -1.93. The molecule has 1 nitrogen and oxygen atoms in total. The van der Waals surface area contributed by atoms with Crippen LogP contribution in [0.15, 0.2) is 18.2 Å². The maximum atomic E-state index is 12.5. The zero-order valence-electron chi connectivity index (χ0n) is 9.14. The van der Waals surface area contributed by atoms with Crippen LogP contribution in [0.3, 0.4) is 0 Å². The number of alkyl halides is 3. The average Bonchev–Trinajstić information content (AvgIpc) is 2.24. The van der Waals surface area contributed by atoms with E-state index >= 15 is 0 Å². The topological polar surface area (TPSA) is 20.2 Å². The van der Waals surface area contributed by atoms with E-state index in [0.29, 0.717) is 17.5 Å². The fourth-order valence-corrected chi connectivity index (χ4v) is 1.54. The fraction of sp³-hybridized carbons (Fsp3) is 0.500. The summed E-state index contributed by atoms with van der Waals surface area (Å²) in [7, 11) is 0. The molecule has 0 unspecified atom stereocenters. The Labute approximate surface area is 92.9 Å². The largest absolute Gasteiger partial charge is 0.416 e. The molecule has 1 aromatic rings. The van der Waals surface area contributed by atoms with Crippen LogP contribution in [-0.2, 0) is 19.2 Å². The summed E-state index contributed by atoms with van der Waals surface area (Å²) >= 11 is 0. The van der Waals surface area contributed by atoms with Crippen molar-refractivity contribution in [2.45, 2.75) is 39.0 Å². The highest BCUT2D eigenvalue weighted by Gasteiger charge is 2.30. The first-order valence-corrected chi connectivity index (χ1v) is 5.28. The third-order valence-electron chi connectivity index (χ3n) is 2.38. The number of benzene rings is 1. The Morgan fingerprint density at radius 1 is 1.12 bits per heavy atom. The molecular formula is C12H15F3O. The number of aryl methyl sites for hydroxylation is 1. The van der Waals surface area contributed by atoms with E-state index in [-0.39, 0.29) is 6.61 Å². The van der Waals surface area contributed by atoms with Crippen molar-refractivity contribution in [2.75, 3.05) is 0 Å². The van der Waals surface area contributed by atoms with Gasteiger partial charge in [-0.2, -0.15) is 13.2 Å². The summed E-state index contributed by atoms with van der Waals surface area (Å²) in [5.74, 6) is 0. The van der Waals surface area contributed by atoms with E-state index in [0.717, 1.165) is 25.0 Å². The molecule has 0 aliphatic rings. The third kappa shape index (κ3) is 3.52. The van der Waals surface area contributed by atoms with Gasteiger partial charge in [-0.25, -0.2) is 0 Å². The number of hydrogen-bond donors (Lipinski definition) is 1. The molecule has 0 aromatic heterocycles. The van der Waals surface area contributed by atoms with Crippen LogP contribution >= 0.6 is 0 Å². The van der Waals surface area contributed by atoms with Crippen LogP contribution in [-0.4, -0.2) is 5.11 Å². The minimum absolute atomic E-state index is 0.320. The van der Waals surface area contributed by atoms with Gasteiger partial charge in [-0.3, -0.25) is 0 Å². The van der Waals surface area contributed by atoms with Crippen molar-refractivity contribution in [1.82, 2.24) is 0 Å². The molecule has 4 heteroatoms. The van der Waals surface area contributed by atoms with Gasteiger partial charge in [0.2, 0.25) is 0 Å². The van der Waals surface area contributed by atoms with Crippen molar-refractivity contribution < 1.29 is 18.3 Å². The number of rotatable bonds is 4. The number of aliphatic hydroxyl groups excluding tert-OH is 1. The molecule has 0 saturated carbocycles. The average molecular weight is 232 g/mol. The standard InChI is InChI=1S/C12H15F3O/c1-2-3-4-9-5-10(8-16)7-11(6-9)12(13,14)15/h5-7,16H,2-4,8H2,1H3. The SMILES string of the molecule is CCCCc1cc(CO)cc(C(F)(F)F)c1. The Hall–Kier alpha value is -1.03. The Balaban J connectivity index is 3.01. The lowest BCUT2D eigenvalue weighted by Gasteiger charge is -2.11. The second-order valence-corrected chi connectivity index (χ2v) is 3.80. The summed E-state index contributed by atoms with van der Waals surface area (Å²) in [6, 6.07) is 3.79. The first kappa shape index (κ1) is 13.0. The van der Waals surface area contributed by atoms with Gasteiger partial charge in [0, 0.05) is 0 Å². The number of aliphatic hydroxyl groups is 1. The molecule has 1 aromatic carbocycles. The van der Waals surface area contributed by atoms with Crippen LogP contribution in [0.25, 0.3) is 0 Å². The lowest BCUT2D eigenvalue weighted by atomic mass is 10.0. The predicted octanol–water partition coefficient (Wildman–Crippen LogP) is 3.54. The Morgan fingerprint density at radius 3 is 2.25 bits per heavy atom. The first-order chi connectivity index (χ1) is 7.47. The quantitative estimate of drug-likeness (QED) is 0.841. The molecule has 0 saturated heterocycles. The van der Waals surface area contributed by atoms with Crippen LogP contribution in [0.1, 0.15) is 36.5 Å². The second kappa shape index (κ2) is 5.34. The molecule has 0 aliphatic carbocycles. The Bertz CT molecular complexity index is 345. The van der Waals surface area contributed by atoms with Crippen molar-refractivity contribution in [1.29, 1.82) is 0 Å². The highest BCUT2D eigenvalue weighted by molar-refractivity contribution is 5.31. The molecule has 1 rings (SSSR count). The van der Waals surface area contributed by atoms with Crippen molar-refractivity contribution in [2.24, 2.45) is 0 Å². The molecule has 0 spiro atoms. The summed E-state index contributed by atoms with van der Waals surface area (Å²) in [5, 5.41) is 8.91. The van der Waals surface area contributed by atoms with Gasteiger partial charge in [-0.15, -0.1) is 0 Å². The normalized spacial score (nSPS) is 11.8. The van der Waals surface area contributed by atoms with Crippen molar-refractivity contribution >= 4 is 0 Å². The summed E-state index contributed by atoms with van der Waals surface area (Å²) in [6.45, 7) is 1.63. The molecular weight excluding hydrogens is 217 g/mol. The molecule has 0 radical (unpaired) electrons. The van der Waals surface area contributed by atoms with Gasteiger partial charge in [0.15, 0.2) is 0 Å². The van der Waals surface area contributed by atoms with Gasteiger partial charge in [0.25, 0.3) is 0 Å². The van der Waals surface area contributed by atoms with Crippen LogP contribution < -0.4 is 0 Å². The van der Waals surface area contributed by atoms with Crippen LogP contribution in [0, 0.1) is 0 Å². The van der Waals surface area contributed by atoms with Gasteiger partial charge in [0.1, 0.15) is 0 Å². The van der Waals surface area contributed by atoms with Gasteiger partial charge >= 0.3 is 6.18 Å². The molecule has 90 valence electrons. The minimum atomic E-state index is -4.34. The van der Waals surface area contributed by atoms with E-state index in [2.05, 4.69) is 0 Å². The molecule has 16 heavy (non-hydrogen) atoms. The molecule has 0 bridgehead atoms. The molecule has 0 fully saturated rings. The fourth-order valence-electron chi connectivity index (χ4n) is 1.54. The molecule has 0 amide bonds. The highest BCUT2D eigenvalue weighted by Crippen LogP contribution is 2.31. The Kier molecular flexibility index (Phi) is 4.35. The smallest absolute Gasteiger partial charge is 0.392 e. The third-order valence-corrected chi connectivity index (χ3v) is 2.38. The van der Waals surface area contributed by atoms with Gasteiger partial charge < -0.3 is 5.11 Å². The molecule has 0 aliphatic heterocycles. The number of unbranched alkanes of at least 4 members (excludes halogenated alkanes) is 1. The van der Waals surface area contributed by atoms with E-state index in [1.54, 1.807) is 6.07 Å². The second-order valence-electron chi connectivity index (χ2n) is 3.80. The van der Waals surface area contributed by atoms with Gasteiger partial charge in [0.05, 0.1) is 12.2 Å². The Morgan fingerprint density at radius 2 is 1.75 bits per heavy atom. The van der Waals surface area contributed by atoms with E-state index in [1.165, 1.54) is 0 Å². The number of halogens is 3. The zero-order chi connectivity index (χ0) is 12.2. The molecule has 0 heterocycles. The van der Waals surface area contributed by atoms with E-state index < -0.39 is 11.7 Å². The van der Waals surface area contributed by atoms with Gasteiger partial charge in [-0.1, -0.05) is 19.4 Å². The predicted molar refractivity (Wildman–Crippen MR) is 56.0 cm³/mol. The summed E-state index contributed by atoms with van der Waals surface area (Å²) in [5.41, 5.74) is 0.284.